The van der Waals surface area contributed by atoms with Gasteiger partial charge in [0.05, 0.1) is 18.9 Å². The van der Waals surface area contributed by atoms with Gasteiger partial charge >= 0.3 is 0 Å². The molecular weight excluding hydrogens is 266 g/mol. The van der Waals surface area contributed by atoms with Crippen molar-refractivity contribution in [1.29, 1.82) is 0 Å². The van der Waals surface area contributed by atoms with Gasteiger partial charge in [0.15, 0.2) is 0 Å². The predicted molar refractivity (Wildman–Crippen MR) is 85.7 cm³/mol. The number of nitrogens with one attached hydrogen (secondary N) is 1. The molecule has 0 saturated heterocycles. The van der Waals surface area contributed by atoms with E-state index >= 15 is 0 Å². The lowest BCUT2D eigenvalue weighted by Gasteiger charge is -2.15. The smallest absolute Gasteiger partial charge is 0.253 e. The standard InChI is InChI=1S/C17H25NO3/c1-4-6-12-20-14(3)17(19)18-15-10-8-9-11-16(15)21-13-7-5-2/h4,8-11,14H,1,5-7,12-13H2,2-3H3,(H,18,19). The van der Waals surface area contributed by atoms with Gasteiger partial charge < -0.3 is 14.8 Å². The van der Waals surface area contributed by atoms with Crippen LogP contribution >= 0.6 is 0 Å². The molecule has 0 aliphatic heterocycles. The zero-order chi connectivity index (χ0) is 15.5. The molecule has 21 heavy (non-hydrogen) atoms. The molecule has 1 unspecified atom stereocenters. The topological polar surface area (TPSA) is 47.6 Å². The van der Waals surface area contributed by atoms with Crippen LogP contribution in [-0.2, 0) is 9.53 Å². The summed E-state index contributed by atoms with van der Waals surface area (Å²) >= 11 is 0. The Hall–Kier alpha value is -1.81. The second-order valence-corrected chi connectivity index (χ2v) is 4.78. The number of unbranched alkanes of at least 4 members (excludes halogenated alkanes) is 1. The van der Waals surface area contributed by atoms with Crippen molar-refractivity contribution >= 4 is 11.6 Å². The molecule has 1 amide bonds. The van der Waals surface area contributed by atoms with Gasteiger partial charge in [0.1, 0.15) is 11.9 Å². The second-order valence-electron chi connectivity index (χ2n) is 4.78. The highest BCUT2D eigenvalue weighted by molar-refractivity contribution is 5.95. The van der Waals surface area contributed by atoms with E-state index in [4.69, 9.17) is 9.47 Å². The Kier molecular flexibility index (Phi) is 8.21. The van der Waals surface area contributed by atoms with Crippen LogP contribution in [0, 0.1) is 0 Å². The lowest BCUT2D eigenvalue weighted by molar-refractivity contribution is -0.126. The van der Waals surface area contributed by atoms with Gasteiger partial charge in [0, 0.05) is 0 Å². The van der Waals surface area contributed by atoms with E-state index in [9.17, 15) is 4.79 Å². The van der Waals surface area contributed by atoms with E-state index in [0.29, 0.717) is 24.7 Å². The van der Waals surface area contributed by atoms with Crippen molar-refractivity contribution in [3.8, 4) is 5.75 Å². The molecule has 1 rings (SSSR count). The van der Waals surface area contributed by atoms with Gasteiger partial charge in [-0.1, -0.05) is 31.6 Å². The molecule has 1 aromatic carbocycles. The van der Waals surface area contributed by atoms with Crippen LogP contribution in [0.5, 0.6) is 5.75 Å². The normalized spacial score (nSPS) is 11.7. The number of hydrogen-bond donors (Lipinski definition) is 1. The lowest BCUT2D eigenvalue weighted by atomic mass is 10.2. The predicted octanol–water partition coefficient (Wildman–Crippen LogP) is 3.79. The second kappa shape index (κ2) is 10.00. The molecule has 116 valence electrons. The highest BCUT2D eigenvalue weighted by Crippen LogP contribution is 2.24. The summed E-state index contributed by atoms with van der Waals surface area (Å²) < 4.78 is 11.1. The summed E-state index contributed by atoms with van der Waals surface area (Å²) in [5.74, 6) is 0.517. The first-order valence-electron chi connectivity index (χ1n) is 7.44. The van der Waals surface area contributed by atoms with Gasteiger partial charge in [-0.05, 0) is 31.9 Å². The van der Waals surface area contributed by atoms with Gasteiger partial charge in [-0.3, -0.25) is 4.79 Å². The maximum Gasteiger partial charge on any atom is 0.253 e. The summed E-state index contributed by atoms with van der Waals surface area (Å²) in [4.78, 5) is 12.1. The first-order chi connectivity index (χ1) is 10.2. The molecule has 0 aliphatic carbocycles. The maximum absolute atomic E-state index is 12.1. The Labute approximate surface area is 127 Å². The van der Waals surface area contributed by atoms with Crippen LogP contribution in [-0.4, -0.2) is 25.2 Å². The minimum Gasteiger partial charge on any atom is -0.491 e. The van der Waals surface area contributed by atoms with Crippen molar-refractivity contribution in [1.82, 2.24) is 0 Å². The molecule has 0 aliphatic rings. The number of amides is 1. The van der Waals surface area contributed by atoms with Gasteiger partial charge in [0.2, 0.25) is 0 Å². The Morgan fingerprint density at radius 2 is 2.14 bits per heavy atom. The Balaban J connectivity index is 2.56. The number of benzene rings is 1. The third-order valence-corrected chi connectivity index (χ3v) is 2.96. The highest BCUT2D eigenvalue weighted by atomic mass is 16.5. The molecule has 0 spiro atoms. The van der Waals surface area contributed by atoms with Crippen LogP contribution in [0.3, 0.4) is 0 Å². The summed E-state index contributed by atoms with van der Waals surface area (Å²) in [6.07, 6.45) is 4.05. The molecule has 0 heterocycles. The number of carbonyl (C=O) groups is 1. The van der Waals surface area contributed by atoms with E-state index in [0.717, 1.165) is 19.3 Å². The summed E-state index contributed by atoms with van der Waals surface area (Å²) in [7, 11) is 0. The van der Waals surface area contributed by atoms with Gasteiger partial charge in [-0.2, -0.15) is 0 Å². The minimum absolute atomic E-state index is 0.175. The monoisotopic (exact) mass is 291 g/mol. The van der Waals surface area contributed by atoms with Crippen LogP contribution < -0.4 is 10.1 Å². The van der Waals surface area contributed by atoms with Gasteiger partial charge in [-0.25, -0.2) is 0 Å². The third kappa shape index (κ3) is 6.45. The molecule has 0 fully saturated rings. The average Bonchev–Trinajstić information content (AvgIpc) is 2.49. The van der Waals surface area contributed by atoms with Crippen LogP contribution in [0.15, 0.2) is 36.9 Å². The van der Waals surface area contributed by atoms with Crippen molar-refractivity contribution in [3.63, 3.8) is 0 Å². The van der Waals surface area contributed by atoms with Crippen LogP contribution in [0.25, 0.3) is 0 Å². The number of hydrogen-bond acceptors (Lipinski definition) is 3. The Morgan fingerprint density at radius 3 is 2.86 bits per heavy atom. The van der Waals surface area contributed by atoms with Crippen molar-refractivity contribution in [2.24, 2.45) is 0 Å². The lowest BCUT2D eigenvalue weighted by Crippen LogP contribution is -2.28. The summed E-state index contributed by atoms with van der Waals surface area (Å²) in [6.45, 7) is 8.61. The third-order valence-electron chi connectivity index (χ3n) is 2.96. The van der Waals surface area contributed by atoms with Crippen molar-refractivity contribution < 1.29 is 14.3 Å². The van der Waals surface area contributed by atoms with Crippen molar-refractivity contribution in [3.05, 3.63) is 36.9 Å². The molecule has 1 atom stereocenters. The quantitative estimate of drug-likeness (QED) is 0.527. The first kappa shape index (κ1) is 17.2. The molecule has 1 N–H and O–H groups in total. The molecule has 4 nitrogen and oxygen atoms in total. The first-order valence-corrected chi connectivity index (χ1v) is 7.44. The number of carbonyl (C=O) groups excluding carboxylic acids is 1. The van der Waals surface area contributed by atoms with Crippen molar-refractivity contribution in [2.75, 3.05) is 18.5 Å². The number of ether oxygens (including phenoxy) is 2. The molecule has 0 saturated carbocycles. The molecule has 1 aromatic rings. The summed E-state index contributed by atoms with van der Waals surface area (Å²) in [5.41, 5.74) is 0.678. The van der Waals surface area contributed by atoms with Crippen LogP contribution in [0.2, 0.25) is 0 Å². The highest BCUT2D eigenvalue weighted by Gasteiger charge is 2.15. The molecule has 0 aromatic heterocycles. The maximum atomic E-state index is 12.1. The zero-order valence-electron chi connectivity index (χ0n) is 12.9. The fourth-order valence-electron chi connectivity index (χ4n) is 1.66. The zero-order valence-corrected chi connectivity index (χ0v) is 12.9. The molecule has 0 radical (unpaired) electrons. The number of para-hydroxylation sites is 2. The van der Waals surface area contributed by atoms with Gasteiger partial charge in [0.25, 0.3) is 5.91 Å². The minimum atomic E-state index is -0.506. The largest absolute Gasteiger partial charge is 0.491 e. The van der Waals surface area contributed by atoms with E-state index in [-0.39, 0.29) is 5.91 Å². The molecular formula is C17H25NO3. The SMILES string of the molecule is C=CCCOC(C)C(=O)Nc1ccccc1OCCCC. The number of rotatable bonds is 10. The van der Waals surface area contributed by atoms with E-state index < -0.39 is 6.10 Å². The Morgan fingerprint density at radius 1 is 1.38 bits per heavy atom. The summed E-state index contributed by atoms with van der Waals surface area (Å²) in [5, 5.41) is 2.85. The van der Waals surface area contributed by atoms with E-state index in [1.54, 1.807) is 13.0 Å². The fraction of sp³-hybridized carbons (Fsp3) is 0.471. The van der Waals surface area contributed by atoms with E-state index in [2.05, 4.69) is 18.8 Å². The molecule has 4 heteroatoms. The number of anilines is 1. The average molecular weight is 291 g/mol. The Bertz CT molecular complexity index is 445. The van der Waals surface area contributed by atoms with Crippen LogP contribution in [0.1, 0.15) is 33.1 Å². The van der Waals surface area contributed by atoms with E-state index in [1.165, 1.54) is 0 Å². The van der Waals surface area contributed by atoms with E-state index in [1.807, 2.05) is 24.3 Å². The van der Waals surface area contributed by atoms with Crippen molar-refractivity contribution in [2.45, 2.75) is 39.2 Å². The fourth-order valence-corrected chi connectivity index (χ4v) is 1.66. The van der Waals surface area contributed by atoms with Gasteiger partial charge in [-0.15, -0.1) is 6.58 Å². The van der Waals surface area contributed by atoms with Crippen LogP contribution in [0.4, 0.5) is 5.69 Å². The molecule has 0 bridgehead atoms. The summed E-state index contributed by atoms with van der Waals surface area (Å²) in [6, 6.07) is 7.44.